The highest BCUT2D eigenvalue weighted by atomic mass is 28.3. The molecule has 0 bridgehead atoms. The molecule has 11 aromatic rings. The first-order valence-corrected chi connectivity index (χ1v) is 61.3. The molecule has 758 valence electrons. The molecular formula is C140H194Si. The van der Waals surface area contributed by atoms with Crippen LogP contribution in [-0.2, 0) is 65.0 Å². The van der Waals surface area contributed by atoms with Gasteiger partial charge < -0.3 is 0 Å². The second kappa shape index (κ2) is 39.9. The predicted octanol–water partition coefficient (Wildman–Crippen LogP) is 39.8. The third kappa shape index (κ3) is 17.8. The molecule has 0 atom stereocenters. The van der Waals surface area contributed by atoms with E-state index in [2.05, 4.69) is 329 Å². The van der Waals surface area contributed by atoms with Crippen LogP contribution in [0, 0.1) is 41.5 Å². The minimum atomic E-state index is -3.54. The van der Waals surface area contributed by atoms with E-state index < -0.39 is 8.07 Å². The summed E-state index contributed by atoms with van der Waals surface area (Å²) < 4.78 is 0. The first-order chi connectivity index (χ1) is 67.1. The highest BCUT2D eigenvalue weighted by molar-refractivity contribution is 7.20. The lowest BCUT2D eigenvalue weighted by Crippen LogP contribution is -2.75. The van der Waals surface area contributed by atoms with Gasteiger partial charge in [-0.1, -0.05) is 439 Å². The van der Waals surface area contributed by atoms with Crippen molar-refractivity contribution in [3.05, 3.63) is 221 Å². The zero-order valence-corrected chi connectivity index (χ0v) is 96.7. The molecule has 0 amide bonds. The number of unbranched alkanes of at least 4 members (excludes halogenated alkanes) is 12. The minimum Gasteiger partial charge on any atom is -0.0654 e. The van der Waals surface area contributed by atoms with E-state index in [-0.39, 0.29) is 65.0 Å². The molecule has 0 aromatic heterocycles. The van der Waals surface area contributed by atoms with Gasteiger partial charge in [0.25, 0.3) is 0 Å². The number of hydrogen-bond donors (Lipinski definition) is 0. The lowest BCUT2D eigenvalue weighted by atomic mass is 9.69. The Kier molecular flexibility index (Phi) is 29.8. The number of aryl methyl sites for hydroxylation is 6. The second-order valence-corrected chi connectivity index (χ2v) is 57.5. The van der Waals surface area contributed by atoms with Gasteiger partial charge in [-0.05, 0) is 422 Å². The fraction of sp³-hybridized carbons (Fsp3) is 0.600. The number of fused-ring (bicyclic) bond motifs is 8. The number of hydrogen-bond acceptors (Lipinski definition) is 0. The first kappa shape index (κ1) is 105. The molecule has 0 saturated carbocycles. The Bertz CT molecular complexity index is 6020. The van der Waals surface area contributed by atoms with Crippen LogP contribution in [0.4, 0.5) is 0 Å². The standard InChI is InChI=1S/C140H194Si/c1-31-43-57-135(58-44-32-2)87-129(19,20)123-111(135)84-112-124(130(21,22)88-136(112,59-45-33-3)60-46-34-4)119(123)100-78-99-79-101(120-125-113(137(61-47-35-5,62-48-36-6)89-131(125,23)24)85-114-126(120)132(25,26)90-138(114,63-49-37-7)64-50-38-8)81-108-109-82-102(121-127-115(139(65-51-39-9,66-52-40-10)91-133(127,27)28)86-116-128(121)134(29,30)92-140(116,67-53-41-11)68-54-42-12)83-110-117(56-55-106(122(109)110)107(80-100)118(99)108)141(103-72-93(13)69-94(14)73-103,104-74-95(15)70-96(16)75-104)105-76-97(17)71-98(18)77-105/h55-56,69-86H,31-54,57-68,87-92H2,1-30H3. The van der Waals surface area contributed by atoms with E-state index in [4.69, 9.17) is 0 Å². The third-order valence-electron chi connectivity index (χ3n) is 39.2. The summed E-state index contributed by atoms with van der Waals surface area (Å²) in [6.07, 6.45) is 52.3. The molecule has 0 aliphatic heterocycles. The van der Waals surface area contributed by atoms with Gasteiger partial charge in [-0.3, -0.25) is 0 Å². The van der Waals surface area contributed by atoms with Crippen LogP contribution in [0.1, 0.15) is 536 Å². The Morgan fingerprint density at radius 2 is 0.397 bits per heavy atom. The molecule has 0 spiro atoms. The van der Waals surface area contributed by atoms with Crippen molar-refractivity contribution < 1.29 is 0 Å². The predicted molar refractivity (Wildman–Crippen MR) is 626 cm³/mol. The van der Waals surface area contributed by atoms with Crippen LogP contribution in [0.15, 0.2) is 121 Å². The molecule has 0 fully saturated rings. The largest absolute Gasteiger partial charge is 0.180 e. The van der Waals surface area contributed by atoms with Gasteiger partial charge in [-0.2, -0.15) is 0 Å². The van der Waals surface area contributed by atoms with E-state index in [0.717, 1.165) is 0 Å². The molecule has 6 aliphatic carbocycles. The van der Waals surface area contributed by atoms with E-state index in [0.29, 0.717) is 0 Å². The third-order valence-corrected chi connectivity index (χ3v) is 43.9. The van der Waals surface area contributed by atoms with Crippen LogP contribution in [-0.4, -0.2) is 8.07 Å². The summed E-state index contributed by atoms with van der Waals surface area (Å²) in [5.74, 6) is 0. The molecule has 0 unspecified atom stereocenters. The molecule has 11 aromatic carbocycles. The van der Waals surface area contributed by atoms with Crippen molar-refractivity contribution >= 4 is 71.9 Å². The highest BCUT2D eigenvalue weighted by Crippen LogP contribution is 2.70. The normalized spacial score (nSPS) is 19.0. The van der Waals surface area contributed by atoms with Gasteiger partial charge in [-0.15, -0.1) is 0 Å². The molecule has 0 radical (unpaired) electrons. The van der Waals surface area contributed by atoms with Gasteiger partial charge in [0.15, 0.2) is 8.07 Å². The van der Waals surface area contributed by atoms with Crippen molar-refractivity contribution in [3.8, 4) is 33.4 Å². The average molecular weight is 1910 g/mol. The van der Waals surface area contributed by atoms with E-state index in [9.17, 15) is 0 Å². The Labute approximate surface area is 862 Å². The summed E-state index contributed by atoms with van der Waals surface area (Å²) in [5, 5.41) is 17.8. The zero-order valence-electron chi connectivity index (χ0n) is 95.7. The van der Waals surface area contributed by atoms with Gasteiger partial charge in [0.05, 0.1) is 0 Å². The second-order valence-electron chi connectivity index (χ2n) is 53.7. The van der Waals surface area contributed by atoms with Crippen LogP contribution in [0.2, 0.25) is 0 Å². The molecule has 17 rings (SSSR count). The lowest BCUT2D eigenvalue weighted by molar-refractivity contribution is 0.287. The fourth-order valence-electron chi connectivity index (χ4n) is 34.6. The van der Waals surface area contributed by atoms with E-state index in [1.165, 1.54) is 378 Å². The van der Waals surface area contributed by atoms with Crippen LogP contribution >= 0.6 is 0 Å². The molecule has 141 heavy (non-hydrogen) atoms. The molecule has 0 heterocycles. The summed E-state index contributed by atoms with van der Waals surface area (Å²) >= 11 is 0. The maximum atomic E-state index is 3.05. The summed E-state index contributed by atoms with van der Waals surface area (Å²) in [4.78, 5) is 0. The van der Waals surface area contributed by atoms with Crippen LogP contribution in [0.3, 0.4) is 0 Å². The molecular weight excluding hydrogens is 1710 g/mol. The monoisotopic (exact) mass is 1900 g/mol. The Morgan fingerprint density at radius 3 is 0.610 bits per heavy atom. The molecule has 0 nitrogen and oxygen atoms in total. The van der Waals surface area contributed by atoms with Crippen molar-refractivity contribution in [3.63, 3.8) is 0 Å². The first-order valence-electron chi connectivity index (χ1n) is 59.3. The average Bonchev–Trinajstić information content (AvgIpc) is 1.60. The zero-order chi connectivity index (χ0) is 101. The van der Waals surface area contributed by atoms with Crippen LogP contribution in [0.5, 0.6) is 0 Å². The van der Waals surface area contributed by atoms with Gasteiger partial charge >= 0.3 is 0 Å². The van der Waals surface area contributed by atoms with Crippen molar-refractivity contribution in [2.24, 2.45) is 0 Å². The summed E-state index contributed by atoms with van der Waals surface area (Å²) in [6.45, 7) is 77.6. The van der Waals surface area contributed by atoms with Crippen molar-refractivity contribution in [2.45, 2.75) is 542 Å². The quantitative estimate of drug-likeness (QED) is 0.0155. The SMILES string of the molecule is CCCCC1(CCCC)CC(C)(C)c2c1cc1c(c2-c2cc3cc(-c4c5c(cc6c4C(C)(C)CC6(CCCC)CCCC)C(CCCC)(CCCC)CC5(C)C)cc4c5cc(-c6c7c(cc8c6C(C)(C)CC8(CCCC)CCCC)C(CCCC)(CCCC)CC7(C)C)cc6c([Si](c7cc(C)cc(C)c7)(c7cc(C)cc(C)c7)c7cc(C)cc(C)c7)ccc(c(c2)c34)c65)C(C)(C)CC1(CCCC)CCCC. The maximum Gasteiger partial charge on any atom is 0.180 e. The topological polar surface area (TPSA) is 0 Å². The van der Waals surface area contributed by atoms with Gasteiger partial charge in [-0.25, -0.2) is 0 Å². The molecule has 1 heteroatoms. The maximum absolute atomic E-state index is 3.54. The van der Waals surface area contributed by atoms with Crippen LogP contribution < -0.4 is 20.7 Å². The van der Waals surface area contributed by atoms with Crippen molar-refractivity contribution in [1.29, 1.82) is 0 Å². The summed E-state index contributed by atoms with van der Waals surface area (Å²) in [6, 6.07) is 56.4. The van der Waals surface area contributed by atoms with Gasteiger partial charge in [0.1, 0.15) is 0 Å². The van der Waals surface area contributed by atoms with E-state index in [1.54, 1.807) is 88.6 Å². The Morgan fingerprint density at radius 1 is 0.206 bits per heavy atom. The number of benzene rings is 11. The molecule has 0 saturated heterocycles. The van der Waals surface area contributed by atoms with Gasteiger partial charge in [0.2, 0.25) is 0 Å². The highest BCUT2D eigenvalue weighted by Gasteiger charge is 2.60. The van der Waals surface area contributed by atoms with Gasteiger partial charge in [0, 0.05) is 0 Å². The van der Waals surface area contributed by atoms with E-state index >= 15 is 0 Å². The summed E-state index contributed by atoms with van der Waals surface area (Å²) in [7, 11) is -3.54. The van der Waals surface area contributed by atoms with Crippen molar-refractivity contribution in [2.75, 3.05) is 0 Å². The Balaban J connectivity index is 1.19. The Hall–Kier alpha value is -7.06. The fourth-order valence-corrected chi connectivity index (χ4v) is 40.1. The molecule has 6 aliphatic rings. The lowest BCUT2D eigenvalue weighted by Gasteiger charge is -2.37. The minimum absolute atomic E-state index is 0.0654. The van der Waals surface area contributed by atoms with E-state index in [1.807, 2.05) is 0 Å². The summed E-state index contributed by atoms with van der Waals surface area (Å²) in [5.41, 5.74) is 38.2. The molecule has 0 N–H and O–H groups in total. The number of rotatable bonds is 43. The smallest absolute Gasteiger partial charge is 0.0654 e. The van der Waals surface area contributed by atoms with Crippen LogP contribution in [0.25, 0.3) is 76.5 Å². The van der Waals surface area contributed by atoms with Crippen molar-refractivity contribution in [1.82, 2.24) is 0 Å².